The van der Waals surface area contributed by atoms with Crippen LogP contribution in [0.2, 0.25) is 0 Å². The van der Waals surface area contributed by atoms with Crippen LogP contribution >= 0.6 is 22.7 Å². The number of rotatable bonds is 5. The van der Waals surface area contributed by atoms with Crippen molar-refractivity contribution in [2.75, 3.05) is 4.90 Å². The van der Waals surface area contributed by atoms with Crippen molar-refractivity contribution in [1.82, 2.24) is 9.97 Å². The van der Waals surface area contributed by atoms with Crippen molar-refractivity contribution in [2.45, 2.75) is 26.8 Å². The first-order valence-corrected chi connectivity index (χ1v) is 10.4. The lowest BCUT2D eigenvalue weighted by Gasteiger charge is -2.19. The monoisotopic (exact) mass is 393 g/mol. The zero-order valence-electron chi connectivity index (χ0n) is 15.2. The van der Waals surface area contributed by atoms with Gasteiger partial charge in [0.15, 0.2) is 5.13 Å². The molecule has 0 aliphatic carbocycles. The van der Waals surface area contributed by atoms with E-state index in [1.807, 2.05) is 35.7 Å². The number of aryl methyl sites for hydroxylation is 2. The average molecular weight is 394 g/mol. The molecule has 0 bridgehead atoms. The van der Waals surface area contributed by atoms with Gasteiger partial charge in [-0.15, -0.1) is 11.3 Å². The van der Waals surface area contributed by atoms with E-state index in [9.17, 15) is 4.79 Å². The number of fused-ring (bicyclic) bond motifs is 1. The van der Waals surface area contributed by atoms with Crippen molar-refractivity contribution in [3.05, 3.63) is 75.7 Å². The van der Waals surface area contributed by atoms with Crippen LogP contribution in [0, 0.1) is 13.8 Å². The molecule has 0 saturated heterocycles. The molecule has 136 valence electrons. The number of thiophene rings is 1. The first-order chi connectivity index (χ1) is 13.1. The van der Waals surface area contributed by atoms with E-state index >= 15 is 0 Å². The van der Waals surface area contributed by atoms with Gasteiger partial charge in [-0.25, -0.2) is 4.98 Å². The van der Waals surface area contributed by atoms with Gasteiger partial charge in [0.05, 0.1) is 28.9 Å². The van der Waals surface area contributed by atoms with E-state index in [0.717, 1.165) is 25.9 Å². The van der Waals surface area contributed by atoms with E-state index in [0.29, 0.717) is 13.0 Å². The highest BCUT2D eigenvalue weighted by molar-refractivity contribution is 7.22. The highest BCUT2D eigenvalue weighted by atomic mass is 32.1. The van der Waals surface area contributed by atoms with E-state index in [1.54, 1.807) is 33.8 Å². The fraction of sp³-hybridized carbons (Fsp3) is 0.190. The minimum Gasteiger partial charge on any atom is -0.282 e. The topological polar surface area (TPSA) is 46.1 Å². The molecule has 0 spiro atoms. The lowest BCUT2D eigenvalue weighted by atomic mass is 10.1. The van der Waals surface area contributed by atoms with Gasteiger partial charge < -0.3 is 0 Å². The van der Waals surface area contributed by atoms with Crippen LogP contribution in [0.5, 0.6) is 0 Å². The average Bonchev–Trinajstić information content (AvgIpc) is 3.30. The third-order valence-corrected chi connectivity index (χ3v) is 6.39. The van der Waals surface area contributed by atoms with E-state index < -0.39 is 0 Å². The predicted octanol–water partition coefficient (Wildman–Crippen LogP) is 5.15. The van der Waals surface area contributed by atoms with Crippen LogP contribution in [0.25, 0.3) is 10.2 Å². The van der Waals surface area contributed by atoms with Crippen LogP contribution in [-0.4, -0.2) is 15.9 Å². The molecular formula is C21H19N3OS2. The number of hydrogen-bond donors (Lipinski definition) is 0. The normalized spacial score (nSPS) is 11.0. The number of carbonyl (C=O) groups excluding carboxylic acids is 1. The maximum Gasteiger partial charge on any atom is 0.234 e. The Labute approximate surface area is 166 Å². The molecule has 0 radical (unpaired) electrons. The first kappa shape index (κ1) is 17.8. The summed E-state index contributed by atoms with van der Waals surface area (Å²) >= 11 is 3.16. The molecular weight excluding hydrogens is 374 g/mol. The summed E-state index contributed by atoms with van der Waals surface area (Å²) in [6, 6.07) is 14.0. The molecule has 6 heteroatoms. The third kappa shape index (κ3) is 3.91. The zero-order chi connectivity index (χ0) is 18.8. The fourth-order valence-electron chi connectivity index (χ4n) is 2.86. The van der Waals surface area contributed by atoms with Crippen LogP contribution in [0.3, 0.4) is 0 Å². The van der Waals surface area contributed by atoms with Crippen molar-refractivity contribution in [2.24, 2.45) is 0 Å². The number of amides is 1. The van der Waals surface area contributed by atoms with Gasteiger partial charge in [0.25, 0.3) is 0 Å². The van der Waals surface area contributed by atoms with Gasteiger partial charge in [-0.2, -0.15) is 0 Å². The molecule has 0 fully saturated rings. The fourth-order valence-corrected chi connectivity index (χ4v) is 4.61. The van der Waals surface area contributed by atoms with E-state index in [4.69, 9.17) is 4.98 Å². The largest absolute Gasteiger partial charge is 0.282 e. The van der Waals surface area contributed by atoms with E-state index in [1.165, 1.54) is 11.1 Å². The number of carbonyl (C=O) groups is 1. The first-order valence-electron chi connectivity index (χ1n) is 8.70. The molecule has 0 atom stereocenters. The van der Waals surface area contributed by atoms with Gasteiger partial charge in [-0.05, 0) is 60.7 Å². The highest BCUT2D eigenvalue weighted by Gasteiger charge is 2.21. The summed E-state index contributed by atoms with van der Waals surface area (Å²) in [6.45, 7) is 4.60. The predicted molar refractivity (Wildman–Crippen MR) is 113 cm³/mol. The second-order valence-corrected chi connectivity index (χ2v) is 8.50. The number of hydrogen-bond acceptors (Lipinski definition) is 5. The van der Waals surface area contributed by atoms with Crippen LogP contribution in [0.1, 0.15) is 21.7 Å². The van der Waals surface area contributed by atoms with Crippen LogP contribution in [-0.2, 0) is 17.8 Å². The molecule has 4 nitrogen and oxygen atoms in total. The summed E-state index contributed by atoms with van der Waals surface area (Å²) in [6.07, 6.45) is 2.13. The summed E-state index contributed by atoms with van der Waals surface area (Å²) in [5, 5.41) is 2.72. The van der Waals surface area contributed by atoms with Crippen LogP contribution in [0.4, 0.5) is 5.13 Å². The van der Waals surface area contributed by atoms with Crippen LogP contribution < -0.4 is 4.90 Å². The zero-order valence-corrected chi connectivity index (χ0v) is 16.8. The molecule has 0 N–H and O–H groups in total. The molecule has 1 aromatic carbocycles. The minimum absolute atomic E-state index is 0.0376. The Morgan fingerprint density at radius 2 is 1.96 bits per heavy atom. The second kappa shape index (κ2) is 7.58. The number of nitrogens with zero attached hydrogens (tertiary/aromatic N) is 3. The van der Waals surface area contributed by atoms with Crippen molar-refractivity contribution >= 4 is 43.9 Å². The van der Waals surface area contributed by atoms with Gasteiger partial charge in [-0.3, -0.25) is 14.7 Å². The van der Waals surface area contributed by atoms with Crippen molar-refractivity contribution in [3.8, 4) is 0 Å². The van der Waals surface area contributed by atoms with Gasteiger partial charge in [-0.1, -0.05) is 23.5 Å². The number of anilines is 1. The summed E-state index contributed by atoms with van der Waals surface area (Å²) < 4.78 is 1.10. The van der Waals surface area contributed by atoms with Crippen LogP contribution in [0.15, 0.2) is 54.0 Å². The van der Waals surface area contributed by atoms with Crippen molar-refractivity contribution < 1.29 is 4.79 Å². The second-order valence-electron chi connectivity index (χ2n) is 6.46. The maximum absolute atomic E-state index is 13.1. The number of aromatic nitrogens is 2. The van der Waals surface area contributed by atoms with E-state index in [2.05, 4.69) is 31.0 Å². The summed E-state index contributed by atoms with van der Waals surface area (Å²) in [5.41, 5.74) is 4.23. The smallest absolute Gasteiger partial charge is 0.234 e. The Bertz CT molecular complexity index is 1030. The number of pyridine rings is 1. The molecule has 0 aliphatic rings. The highest BCUT2D eigenvalue weighted by Crippen LogP contribution is 2.32. The molecule has 3 heterocycles. The lowest BCUT2D eigenvalue weighted by molar-refractivity contribution is -0.118. The Balaban J connectivity index is 1.71. The Morgan fingerprint density at radius 3 is 2.70 bits per heavy atom. The molecule has 3 aromatic heterocycles. The quantitative estimate of drug-likeness (QED) is 0.471. The van der Waals surface area contributed by atoms with Gasteiger partial charge in [0.1, 0.15) is 0 Å². The van der Waals surface area contributed by atoms with Crippen molar-refractivity contribution in [1.29, 1.82) is 0 Å². The van der Waals surface area contributed by atoms with Gasteiger partial charge in [0.2, 0.25) is 5.91 Å². The Morgan fingerprint density at radius 1 is 1.11 bits per heavy atom. The third-order valence-electron chi connectivity index (χ3n) is 4.48. The molecule has 4 rings (SSSR count). The maximum atomic E-state index is 13.1. The summed E-state index contributed by atoms with van der Waals surface area (Å²) in [7, 11) is 0. The minimum atomic E-state index is 0.0376. The number of benzene rings is 1. The number of thiazole rings is 1. The molecule has 0 aliphatic heterocycles. The molecule has 1 amide bonds. The Hall–Kier alpha value is -2.57. The van der Waals surface area contributed by atoms with E-state index in [-0.39, 0.29) is 5.91 Å². The molecule has 0 unspecified atom stereocenters. The molecule has 4 aromatic rings. The summed E-state index contributed by atoms with van der Waals surface area (Å²) in [4.78, 5) is 25.1. The SMILES string of the molecule is Cc1cc2nc(N(Cc3ccccn3)C(=O)Cc3cccs3)sc2cc1C. The van der Waals surface area contributed by atoms with Gasteiger partial charge in [0, 0.05) is 11.1 Å². The van der Waals surface area contributed by atoms with Gasteiger partial charge >= 0.3 is 0 Å². The lowest BCUT2D eigenvalue weighted by Crippen LogP contribution is -2.31. The summed E-state index contributed by atoms with van der Waals surface area (Å²) in [5.74, 6) is 0.0376. The standard InChI is InChI=1S/C21H19N3OS2/c1-14-10-18-19(11-15(14)2)27-21(23-18)24(13-16-6-3-4-8-22-16)20(25)12-17-7-5-9-26-17/h3-11H,12-13H2,1-2H3. The molecule has 0 saturated carbocycles. The van der Waals surface area contributed by atoms with Crippen molar-refractivity contribution in [3.63, 3.8) is 0 Å². The Kier molecular flexibility index (Phi) is 5.01. The molecule has 27 heavy (non-hydrogen) atoms.